The molecule has 96 valence electrons. The predicted octanol–water partition coefficient (Wildman–Crippen LogP) is 2.59. The first-order valence-electron chi connectivity index (χ1n) is 6.53. The first-order valence-corrected chi connectivity index (χ1v) is 7.65. The van der Waals surface area contributed by atoms with E-state index in [1.807, 2.05) is 4.68 Å². The van der Waals surface area contributed by atoms with Crippen LogP contribution >= 0.6 is 15.9 Å². The lowest BCUT2D eigenvalue weighted by atomic mass is 9.99. The summed E-state index contributed by atoms with van der Waals surface area (Å²) in [5.41, 5.74) is 2.55. The Morgan fingerprint density at radius 2 is 2.12 bits per heavy atom. The molecule has 17 heavy (non-hydrogen) atoms. The van der Waals surface area contributed by atoms with Crippen LogP contribution < -0.4 is 0 Å². The van der Waals surface area contributed by atoms with Crippen LogP contribution in [0.5, 0.6) is 0 Å². The van der Waals surface area contributed by atoms with Gasteiger partial charge in [0.15, 0.2) is 0 Å². The number of hydrogen-bond acceptors (Lipinski definition) is 2. The van der Waals surface area contributed by atoms with Crippen LogP contribution in [0.15, 0.2) is 6.07 Å². The van der Waals surface area contributed by atoms with Gasteiger partial charge in [0.2, 0.25) is 0 Å². The zero-order valence-corrected chi connectivity index (χ0v) is 12.4. The Kier molecular flexibility index (Phi) is 4.62. The van der Waals surface area contributed by atoms with E-state index in [9.17, 15) is 0 Å². The summed E-state index contributed by atoms with van der Waals surface area (Å²) in [4.78, 5) is 2.55. The number of hydrogen-bond donors (Lipinski definition) is 0. The molecular formula is C13H22BrN3. The van der Waals surface area contributed by atoms with Gasteiger partial charge in [0.1, 0.15) is 0 Å². The molecule has 0 unspecified atom stereocenters. The van der Waals surface area contributed by atoms with E-state index in [0.717, 1.165) is 24.2 Å². The molecule has 4 heteroatoms. The number of nitrogens with zero attached hydrogens (tertiary/aromatic N) is 3. The van der Waals surface area contributed by atoms with E-state index < -0.39 is 0 Å². The number of likely N-dealkylation sites (tertiary alicyclic amines) is 1. The number of aryl methyl sites for hydroxylation is 2. The average molecular weight is 300 g/mol. The van der Waals surface area contributed by atoms with Crippen molar-refractivity contribution < 1.29 is 0 Å². The second-order valence-corrected chi connectivity index (χ2v) is 5.63. The Labute approximate surface area is 112 Å². The van der Waals surface area contributed by atoms with Gasteiger partial charge < -0.3 is 0 Å². The van der Waals surface area contributed by atoms with Crippen LogP contribution in [0, 0.1) is 5.92 Å². The summed E-state index contributed by atoms with van der Waals surface area (Å²) >= 11 is 3.59. The fourth-order valence-electron chi connectivity index (χ4n) is 2.42. The first-order chi connectivity index (χ1) is 8.22. The summed E-state index contributed by atoms with van der Waals surface area (Å²) in [6, 6.07) is 2.25. The maximum absolute atomic E-state index is 4.51. The monoisotopic (exact) mass is 299 g/mol. The normalized spacial score (nSPS) is 18.8. The molecule has 0 radical (unpaired) electrons. The van der Waals surface area contributed by atoms with Gasteiger partial charge in [-0.3, -0.25) is 9.58 Å². The second-order valence-electron chi connectivity index (χ2n) is 4.98. The van der Waals surface area contributed by atoms with Crippen LogP contribution in [0.4, 0.5) is 0 Å². The van der Waals surface area contributed by atoms with Crippen molar-refractivity contribution in [3.8, 4) is 0 Å². The van der Waals surface area contributed by atoms with Gasteiger partial charge in [-0.25, -0.2) is 0 Å². The molecule has 0 atom stereocenters. The summed E-state index contributed by atoms with van der Waals surface area (Å²) in [6.07, 6.45) is 3.67. The summed E-state index contributed by atoms with van der Waals surface area (Å²) in [7, 11) is 2.06. The molecule has 0 amide bonds. The van der Waals surface area contributed by atoms with E-state index >= 15 is 0 Å². The van der Waals surface area contributed by atoms with Crippen LogP contribution in [0.1, 0.15) is 31.2 Å². The van der Waals surface area contributed by atoms with E-state index in [1.165, 1.54) is 37.3 Å². The van der Waals surface area contributed by atoms with E-state index in [-0.39, 0.29) is 0 Å². The van der Waals surface area contributed by atoms with Crippen LogP contribution in [-0.4, -0.2) is 33.1 Å². The molecule has 0 aromatic carbocycles. The minimum Gasteiger partial charge on any atom is -0.298 e. The zero-order valence-electron chi connectivity index (χ0n) is 10.8. The maximum Gasteiger partial charge on any atom is 0.0625 e. The second kappa shape index (κ2) is 6.01. The van der Waals surface area contributed by atoms with E-state index in [4.69, 9.17) is 0 Å². The summed E-state index contributed by atoms with van der Waals surface area (Å²) in [6.45, 7) is 5.66. The molecule has 0 bridgehead atoms. The third-order valence-corrected chi connectivity index (χ3v) is 4.62. The van der Waals surface area contributed by atoms with Crippen LogP contribution in [-0.2, 0) is 20.0 Å². The third-order valence-electron chi connectivity index (χ3n) is 3.70. The molecule has 1 aliphatic heterocycles. The quantitative estimate of drug-likeness (QED) is 0.797. The number of halogens is 1. The standard InChI is InChI=1S/C13H22BrN3/c1-3-12-8-13(16(2)15-12)10-17-6-4-11(9-14)5-7-17/h8,11H,3-7,9-10H2,1-2H3. The van der Waals surface area contributed by atoms with Crippen molar-refractivity contribution in [1.82, 2.24) is 14.7 Å². The third kappa shape index (κ3) is 3.32. The van der Waals surface area contributed by atoms with Crippen molar-refractivity contribution in [2.45, 2.75) is 32.7 Å². The van der Waals surface area contributed by atoms with Gasteiger partial charge in [0, 0.05) is 18.9 Å². The molecule has 1 fully saturated rings. The minimum absolute atomic E-state index is 0.879. The fraction of sp³-hybridized carbons (Fsp3) is 0.769. The van der Waals surface area contributed by atoms with Crippen molar-refractivity contribution in [2.24, 2.45) is 13.0 Å². The Hall–Kier alpha value is -0.350. The number of alkyl halides is 1. The molecule has 0 spiro atoms. The molecule has 0 aliphatic carbocycles. The van der Waals surface area contributed by atoms with Gasteiger partial charge in [-0.2, -0.15) is 5.10 Å². The highest BCUT2D eigenvalue weighted by Crippen LogP contribution is 2.20. The van der Waals surface area contributed by atoms with Crippen molar-refractivity contribution >= 4 is 15.9 Å². The number of rotatable bonds is 4. The fourth-order valence-corrected chi connectivity index (χ4v) is 3.07. The summed E-state index contributed by atoms with van der Waals surface area (Å²) in [5.74, 6) is 0.879. The summed E-state index contributed by atoms with van der Waals surface area (Å²) in [5, 5.41) is 5.67. The van der Waals surface area contributed by atoms with Crippen LogP contribution in [0.3, 0.4) is 0 Å². The molecule has 1 aromatic rings. The van der Waals surface area contributed by atoms with Gasteiger partial charge in [-0.05, 0) is 44.3 Å². The van der Waals surface area contributed by atoms with Gasteiger partial charge in [-0.15, -0.1) is 0 Å². The Bertz CT molecular complexity index is 354. The van der Waals surface area contributed by atoms with Crippen LogP contribution in [0.2, 0.25) is 0 Å². The maximum atomic E-state index is 4.51. The molecule has 3 nitrogen and oxygen atoms in total. The topological polar surface area (TPSA) is 21.1 Å². The van der Waals surface area contributed by atoms with Gasteiger partial charge >= 0.3 is 0 Å². The number of piperidine rings is 1. The van der Waals surface area contributed by atoms with Crippen molar-refractivity contribution in [3.05, 3.63) is 17.5 Å². The molecule has 2 rings (SSSR count). The molecule has 0 N–H and O–H groups in total. The molecular weight excluding hydrogens is 278 g/mol. The SMILES string of the molecule is CCc1cc(CN2CCC(CBr)CC2)n(C)n1. The van der Waals surface area contributed by atoms with Crippen molar-refractivity contribution in [2.75, 3.05) is 18.4 Å². The Morgan fingerprint density at radius 3 is 2.65 bits per heavy atom. The highest BCUT2D eigenvalue weighted by molar-refractivity contribution is 9.09. The molecule has 0 saturated carbocycles. The van der Waals surface area contributed by atoms with E-state index in [1.54, 1.807) is 0 Å². The molecule has 1 aromatic heterocycles. The van der Waals surface area contributed by atoms with Crippen LogP contribution in [0.25, 0.3) is 0 Å². The molecule has 2 heterocycles. The largest absolute Gasteiger partial charge is 0.298 e. The lowest BCUT2D eigenvalue weighted by Crippen LogP contribution is -2.34. The van der Waals surface area contributed by atoms with E-state index in [2.05, 4.69) is 46.0 Å². The van der Waals surface area contributed by atoms with Crippen molar-refractivity contribution in [1.29, 1.82) is 0 Å². The van der Waals surface area contributed by atoms with Gasteiger partial charge in [-0.1, -0.05) is 22.9 Å². The lowest BCUT2D eigenvalue weighted by molar-refractivity contribution is 0.183. The molecule has 1 saturated heterocycles. The Balaban J connectivity index is 1.90. The van der Waals surface area contributed by atoms with E-state index in [0.29, 0.717) is 0 Å². The molecule has 1 aliphatic rings. The van der Waals surface area contributed by atoms with Gasteiger partial charge in [0.05, 0.1) is 11.4 Å². The number of aromatic nitrogens is 2. The first kappa shape index (κ1) is 13.1. The van der Waals surface area contributed by atoms with Gasteiger partial charge in [0.25, 0.3) is 0 Å². The Morgan fingerprint density at radius 1 is 1.41 bits per heavy atom. The zero-order chi connectivity index (χ0) is 12.3. The highest BCUT2D eigenvalue weighted by Gasteiger charge is 2.19. The highest BCUT2D eigenvalue weighted by atomic mass is 79.9. The minimum atomic E-state index is 0.879. The smallest absolute Gasteiger partial charge is 0.0625 e. The van der Waals surface area contributed by atoms with Crippen molar-refractivity contribution in [3.63, 3.8) is 0 Å². The average Bonchev–Trinajstić information content (AvgIpc) is 2.71. The predicted molar refractivity (Wildman–Crippen MR) is 74.4 cm³/mol. The summed E-state index contributed by atoms with van der Waals surface area (Å²) < 4.78 is 2.04. The lowest BCUT2D eigenvalue weighted by Gasteiger charge is -2.30.